The molecule has 0 bridgehead atoms. The van der Waals surface area contributed by atoms with Crippen molar-refractivity contribution in [3.8, 4) is 0 Å². The van der Waals surface area contributed by atoms with E-state index < -0.39 is 10.0 Å². The van der Waals surface area contributed by atoms with Crippen molar-refractivity contribution in [2.45, 2.75) is 18.4 Å². The molecular weight excluding hydrogens is 422 g/mol. The van der Waals surface area contributed by atoms with Crippen LogP contribution in [0.2, 0.25) is 0 Å². The average Bonchev–Trinajstić information content (AvgIpc) is 2.80. The number of rotatable bonds is 6. The Kier molecular flexibility index (Phi) is 6.58. The Morgan fingerprint density at radius 3 is 2.25 bits per heavy atom. The van der Waals surface area contributed by atoms with Gasteiger partial charge in [-0.2, -0.15) is 0 Å². The standard InChI is InChI=1S/C25H27N3O3S/c1-20-10-12-24(13-11-20)32(30,31)26-23-9-5-8-22(18-23)25(29)28-16-14-27(15-17-28)19-21-6-3-2-4-7-21/h2-13,18,26H,14-17,19H2,1H3. The lowest BCUT2D eigenvalue weighted by Crippen LogP contribution is -2.48. The summed E-state index contributed by atoms with van der Waals surface area (Å²) in [4.78, 5) is 17.4. The number of nitrogens with zero attached hydrogens (tertiary/aromatic N) is 2. The first kappa shape index (κ1) is 22.0. The Morgan fingerprint density at radius 1 is 0.875 bits per heavy atom. The zero-order valence-electron chi connectivity index (χ0n) is 18.1. The molecule has 7 heteroatoms. The van der Waals surface area contributed by atoms with Gasteiger partial charge in [0, 0.05) is 44.0 Å². The molecule has 1 aliphatic heterocycles. The van der Waals surface area contributed by atoms with Crippen LogP contribution in [0.5, 0.6) is 0 Å². The Bertz CT molecular complexity index is 1170. The number of sulfonamides is 1. The van der Waals surface area contributed by atoms with E-state index in [4.69, 9.17) is 0 Å². The number of anilines is 1. The molecule has 6 nitrogen and oxygen atoms in total. The highest BCUT2D eigenvalue weighted by molar-refractivity contribution is 7.92. The lowest BCUT2D eigenvalue weighted by atomic mass is 10.1. The van der Waals surface area contributed by atoms with Crippen LogP contribution in [-0.4, -0.2) is 50.3 Å². The van der Waals surface area contributed by atoms with Crippen LogP contribution in [0.1, 0.15) is 21.5 Å². The average molecular weight is 450 g/mol. The number of aryl methyl sites for hydroxylation is 1. The number of benzene rings is 3. The highest BCUT2D eigenvalue weighted by Crippen LogP contribution is 2.19. The number of carbonyl (C=O) groups is 1. The molecule has 1 fully saturated rings. The molecule has 166 valence electrons. The Hall–Kier alpha value is -3.16. The van der Waals surface area contributed by atoms with Gasteiger partial charge in [-0.05, 0) is 42.8 Å². The lowest BCUT2D eigenvalue weighted by Gasteiger charge is -2.34. The summed E-state index contributed by atoms with van der Waals surface area (Å²) in [5.74, 6) is -0.0826. The minimum absolute atomic E-state index is 0.0826. The number of hydrogen-bond donors (Lipinski definition) is 1. The van der Waals surface area contributed by atoms with Gasteiger partial charge in [0.05, 0.1) is 4.90 Å². The number of amides is 1. The first-order valence-electron chi connectivity index (χ1n) is 10.7. The fourth-order valence-electron chi connectivity index (χ4n) is 3.78. The van der Waals surface area contributed by atoms with Crippen LogP contribution >= 0.6 is 0 Å². The van der Waals surface area contributed by atoms with Gasteiger partial charge in [-0.25, -0.2) is 8.42 Å². The topological polar surface area (TPSA) is 69.7 Å². The lowest BCUT2D eigenvalue weighted by molar-refractivity contribution is 0.0628. The molecule has 1 heterocycles. The molecule has 3 aromatic rings. The van der Waals surface area contributed by atoms with E-state index in [0.717, 1.165) is 25.2 Å². The van der Waals surface area contributed by atoms with E-state index in [9.17, 15) is 13.2 Å². The summed E-state index contributed by atoms with van der Waals surface area (Å²) in [6.45, 7) is 5.68. The van der Waals surface area contributed by atoms with Crippen molar-refractivity contribution in [3.05, 3.63) is 95.6 Å². The van der Waals surface area contributed by atoms with Gasteiger partial charge in [-0.3, -0.25) is 14.4 Å². The fourth-order valence-corrected chi connectivity index (χ4v) is 4.83. The van der Waals surface area contributed by atoms with Crippen LogP contribution in [0.25, 0.3) is 0 Å². The highest BCUT2D eigenvalue weighted by Gasteiger charge is 2.23. The highest BCUT2D eigenvalue weighted by atomic mass is 32.2. The zero-order chi connectivity index (χ0) is 22.6. The van der Waals surface area contributed by atoms with Gasteiger partial charge in [0.15, 0.2) is 0 Å². The summed E-state index contributed by atoms with van der Waals surface area (Å²) in [7, 11) is -3.72. The summed E-state index contributed by atoms with van der Waals surface area (Å²) in [6, 6.07) is 23.6. The van der Waals surface area contributed by atoms with E-state index in [1.807, 2.05) is 30.0 Å². The number of nitrogens with one attached hydrogen (secondary N) is 1. The first-order chi connectivity index (χ1) is 15.4. The van der Waals surface area contributed by atoms with Crippen molar-refractivity contribution >= 4 is 21.6 Å². The van der Waals surface area contributed by atoms with E-state index in [2.05, 4.69) is 21.8 Å². The molecule has 1 aliphatic rings. The molecule has 0 radical (unpaired) electrons. The van der Waals surface area contributed by atoms with Gasteiger partial charge in [-0.15, -0.1) is 0 Å². The van der Waals surface area contributed by atoms with E-state index in [0.29, 0.717) is 24.3 Å². The summed E-state index contributed by atoms with van der Waals surface area (Å²) < 4.78 is 27.9. The zero-order valence-corrected chi connectivity index (χ0v) is 18.9. The molecule has 0 spiro atoms. The Balaban J connectivity index is 1.39. The molecule has 0 saturated carbocycles. The van der Waals surface area contributed by atoms with E-state index in [1.165, 1.54) is 5.56 Å². The maximum absolute atomic E-state index is 13.0. The smallest absolute Gasteiger partial charge is 0.261 e. The SMILES string of the molecule is Cc1ccc(S(=O)(=O)Nc2cccc(C(=O)N3CCN(Cc4ccccc4)CC3)c2)cc1. The molecule has 1 saturated heterocycles. The monoisotopic (exact) mass is 449 g/mol. The van der Waals surface area contributed by atoms with Crippen molar-refractivity contribution in [2.75, 3.05) is 30.9 Å². The van der Waals surface area contributed by atoms with E-state index in [1.54, 1.807) is 48.5 Å². The van der Waals surface area contributed by atoms with Crippen molar-refractivity contribution < 1.29 is 13.2 Å². The molecule has 0 aromatic heterocycles. The molecule has 4 rings (SSSR count). The fraction of sp³-hybridized carbons (Fsp3) is 0.240. The van der Waals surface area contributed by atoms with Crippen LogP contribution in [0.15, 0.2) is 83.8 Å². The molecule has 0 atom stereocenters. The number of carbonyl (C=O) groups excluding carboxylic acids is 1. The second-order valence-electron chi connectivity index (χ2n) is 8.05. The van der Waals surface area contributed by atoms with Gasteiger partial charge in [0.25, 0.3) is 15.9 Å². The summed E-state index contributed by atoms with van der Waals surface area (Å²) >= 11 is 0. The van der Waals surface area contributed by atoms with E-state index >= 15 is 0 Å². The van der Waals surface area contributed by atoms with E-state index in [-0.39, 0.29) is 10.8 Å². The molecule has 1 amide bonds. The molecular formula is C25H27N3O3S. The van der Waals surface area contributed by atoms with Crippen LogP contribution in [0.3, 0.4) is 0 Å². The molecule has 3 aromatic carbocycles. The Labute approximate surface area is 189 Å². The maximum atomic E-state index is 13.0. The minimum Gasteiger partial charge on any atom is -0.336 e. The predicted molar refractivity (Wildman–Crippen MR) is 126 cm³/mol. The van der Waals surface area contributed by atoms with Crippen LogP contribution < -0.4 is 4.72 Å². The van der Waals surface area contributed by atoms with Crippen molar-refractivity contribution in [3.63, 3.8) is 0 Å². The third kappa shape index (κ3) is 5.36. The molecule has 1 N–H and O–H groups in total. The molecule has 32 heavy (non-hydrogen) atoms. The second-order valence-corrected chi connectivity index (χ2v) is 9.74. The largest absolute Gasteiger partial charge is 0.336 e. The van der Waals surface area contributed by atoms with Gasteiger partial charge >= 0.3 is 0 Å². The second kappa shape index (κ2) is 9.54. The first-order valence-corrected chi connectivity index (χ1v) is 12.1. The summed E-state index contributed by atoms with van der Waals surface area (Å²) in [5, 5.41) is 0. The normalized spacial score (nSPS) is 14.8. The third-order valence-corrected chi connectivity index (χ3v) is 7.00. The third-order valence-electron chi connectivity index (χ3n) is 5.60. The summed E-state index contributed by atoms with van der Waals surface area (Å²) in [5.41, 5.74) is 3.10. The van der Waals surface area contributed by atoms with Crippen molar-refractivity contribution in [2.24, 2.45) is 0 Å². The summed E-state index contributed by atoms with van der Waals surface area (Å²) in [6.07, 6.45) is 0. The van der Waals surface area contributed by atoms with Gasteiger partial charge in [-0.1, -0.05) is 54.1 Å². The van der Waals surface area contributed by atoms with Crippen molar-refractivity contribution in [1.82, 2.24) is 9.80 Å². The van der Waals surface area contributed by atoms with Gasteiger partial charge in [0.2, 0.25) is 0 Å². The van der Waals surface area contributed by atoms with Crippen LogP contribution in [-0.2, 0) is 16.6 Å². The quantitative estimate of drug-likeness (QED) is 0.622. The van der Waals surface area contributed by atoms with Gasteiger partial charge in [0.1, 0.15) is 0 Å². The van der Waals surface area contributed by atoms with Crippen LogP contribution in [0, 0.1) is 6.92 Å². The molecule has 0 aliphatic carbocycles. The van der Waals surface area contributed by atoms with Gasteiger partial charge < -0.3 is 4.90 Å². The predicted octanol–water partition coefficient (Wildman–Crippen LogP) is 3.75. The maximum Gasteiger partial charge on any atom is 0.261 e. The number of piperazine rings is 1. The Morgan fingerprint density at radius 2 is 1.56 bits per heavy atom. The van der Waals surface area contributed by atoms with Crippen molar-refractivity contribution in [1.29, 1.82) is 0 Å². The molecule has 0 unspecified atom stereocenters. The minimum atomic E-state index is -3.72. The number of hydrogen-bond acceptors (Lipinski definition) is 4. The van der Waals surface area contributed by atoms with Crippen LogP contribution in [0.4, 0.5) is 5.69 Å².